The van der Waals surface area contributed by atoms with Gasteiger partial charge in [0, 0.05) is 22.7 Å². The van der Waals surface area contributed by atoms with Gasteiger partial charge in [0.2, 0.25) is 0 Å². The van der Waals surface area contributed by atoms with Crippen LogP contribution in [-0.2, 0) is 5.75 Å². The Balaban J connectivity index is 1.91. The van der Waals surface area contributed by atoms with E-state index in [9.17, 15) is 0 Å². The van der Waals surface area contributed by atoms with Crippen molar-refractivity contribution < 1.29 is 9.47 Å². The summed E-state index contributed by atoms with van der Waals surface area (Å²) < 4.78 is 13.7. The molecular formula is C16H17BrN4O2S. The van der Waals surface area contributed by atoms with Gasteiger partial charge in [-0.15, -0.1) is 10.2 Å². The van der Waals surface area contributed by atoms with Gasteiger partial charge in [-0.25, -0.2) is 4.98 Å². The Morgan fingerprint density at radius 1 is 1.08 bits per heavy atom. The summed E-state index contributed by atoms with van der Waals surface area (Å²) in [5, 5.41) is 9.23. The Morgan fingerprint density at radius 3 is 2.54 bits per heavy atom. The minimum atomic E-state index is 0.621. The summed E-state index contributed by atoms with van der Waals surface area (Å²) in [6.45, 7) is 3.98. The van der Waals surface area contributed by atoms with E-state index in [1.165, 1.54) is 0 Å². The molecule has 3 rings (SSSR count). The van der Waals surface area contributed by atoms with E-state index in [1.54, 1.807) is 26.0 Å². The van der Waals surface area contributed by atoms with Crippen molar-refractivity contribution in [2.24, 2.45) is 0 Å². The number of thioether (sulfide) groups is 1. The molecule has 2 aromatic heterocycles. The molecule has 0 unspecified atom stereocenters. The van der Waals surface area contributed by atoms with Crippen LogP contribution in [0, 0.1) is 13.8 Å². The lowest BCUT2D eigenvalue weighted by atomic mass is 10.2. The largest absolute Gasteiger partial charge is 0.496 e. The number of fused-ring (bicyclic) bond motifs is 1. The van der Waals surface area contributed by atoms with Crippen molar-refractivity contribution in [3.05, 3.63) is 39.6 Å². The van der Waals surface area contributed by atoms with Gasteiger partial charge >= 0.3 is 0 Å². The molecule has 2 heterocycles. The topological polar surface area (TPSA) is 61.5 Å². The number of ether oxygens (including phenoxy) is 2. The van der Waals surface area contributed by atoms with Crippen LogP contribution < -0.4 is 9.47 Å². The molecule has 0 amide bonds. The van der Waals surface area contributed by atoms with Gasteiger partial charge in [0.25, 0.3) is 5.78 Å². The number of hydrogen-bond acceptors (Lipinski definition) is 6. The number of hydrogen-bond donors (Lipinski definition) is 0. The third-order valence-electron chi connectivity index (χ3n) is 3.57. The predicted molar refractivity (Wildman–Crippen MR) is 97.1 cm³/mol. The summed E-state index contributed by atoms with van der Waals surface area (Å²) in [5.74, 6) is 2.87. The van der Waals surface area contributed by atoms with Crippen molar-refractivity contribution in [3.63, 3.8) is 0 Å². The molecular weight excluding hydrogens is 392 g/mol. The van der Waals surface area contributed by atoms with Gasteiger partial charge in [-0.1, -0.05) is 11.8 Å². The van der Waals surface area contributed by atoms with Crippen molar-refractivity contribution in [1.29, 1.82) is 0 Å². The highest BCUT2D eigenvalue weighted by Gasteiger charge is 2.14. The van der Waals surface area contributed by atoms with Gasteiger partial charge in [-0.05, 0) is 48.0 Å². The van der Waals surface area contributed by atoms with Crippen LogP contribution in [0.1, 0.15) is 17.0 Å². The lowest BCUT2D eigenvalue weighted by molar-refractivity contribution is 0.398. The minimum Gasteiger partial charge on any atom is -0.496 e. The number of nitrogens with zero attached hydrogens (tertiary/aromatic N) is 4. The van der Waals surface area contributed by atoms with Gasteiger partial charge in [0.05, 0.1) is 18.7 Å². The number of rotatable bonds is 5. The molecule has 0 saturated heterocycles. The number of aromatic nitrogens is 4. The van der Waals surface area contributed by atoms with E-state index in [0.29, 0.717) is 11.5 Å². The minimum absolute atomic E-state index is 0.621. The van der Waals surface area contributed by atoms with Crippen molar-refractivity contribution in [2.75, 3.05) is 14.2 Å². The zero-order valence-corrected chi connectivity index (χ0v) is 16.2. The van der Waals surface area contributed by atoms with Crippen molar-refractivity contribution >= 4 is 33.5 Å². The van der Waals surface area contributed by atoms with Crippen LogP contribution in [0.3, 0.4) is 0 Å². The monoisotopic (exact) mass is 408 g/mol. The molecule has 0 atom stereocenters. The fourth-order valence-electron chi connectivity index (χ4n) is 2.47. The molecule has 0 spiro atoms. The fourth-order valence-corrected chi connectivity index (χ4v) is 3.92. The maximum Gasteiger partial charge on any atom is 0.256 e. The van der Waals surface area contributed by atoms with E-state index in [2.05, 4.69) is 31.1 Å². The Morgan fingerprint density at radius 2 is 1.83 bits per heavy atom. The highest BCUT2D eigenvalue weighted by atomic mass is 79.9. The van der Waals surface area contributed by atoms with Gasteiger partial charge < -0.3 is 9.47 Å². The number of benzene rings is 1. The second kappa shape index (κ2) is 6.98. The summed E-state index contributed by atoms with van der Waals surface area (Å²) in [6.07, 6.45) is 0. The standard InChI is InChI=1S/C16H17BrN4O2S/c1-9-5-10(2)21-15(18-9)19-20-16(21)24-8-11-6-14(23-4)12(17)7-13(11)22-3/h5-7H,8H2,1-4H3. The van der Waals surface area contributed by atoms with Gasteiger partial charge in [-0.2, -0.15) is 0 Å². The third-order valence-corrected chi connectivity index (χ3v) is 5.17. The maximum absolute atomic E-state index is 5.47. The molecule has 24 heavy (non-hydrogen) atoms. The predicted octanol–water partition coefficient (Wildman–Crippen LogP) is 3.81. The van der Waals surface area contributed by atoms with Crippen LogP contribution >= 0.6 is 27.7 Å². The van der Waals surface area contributed by atoms with Gasteiger partial charge in [-0.3, -0.25) is 4.40 Å². The molecule has 0 radical (unpaired) electrons. The molecule has 0 N–H and O–H groups in total. The van der Waals surface area contributed by atoms with Gasteiger partial charge in [0.1, 0.15) is 11.5 Å². The first-order valence-electron chi connectivity index (χ1n) is 7.26. The Bertz CT molecular complexity index is 897. The fraction of sp³-hybridized carbons (Fsp3) is 0.312. The molecule has 8 heteroatoms. The van der Waals surface area contributed by atoms with E-state index < -0.39 is 0 Å². The summed E-state index contributed by atoms with van der Waals surface area (Å²) in [6, 6.07) is 5.89. The quantitative estimate of drug-likeness (QED) is 0.598. The average Bonchev–Trinajstić information content (AvgIpc) is 2.96. The van der Waals surface area contributed by atoms with E-state index in [-0.39, 0.29) is 0 Å². The highest BCUT2D eigenvalue weighted by molar-refractivity contribution is 9.10. The third kappa shape index (κ3) is 3.21. The molecule has 1 aromatic carbocycles. The zero-order chi connectivity index (χ0) is 17.3. The van der Waals surface area contributed by atoms with Gasteiger partial charge in [0.15, 0.2) is 5.16 Å². The number of halogens is 1. The van der Waals surface area contributed by atoms with E-state index >= 15 is 0 Å². The Kier molecular flexibility index (Phi) is 4.96. The number of aryl methyl sites for hydroxylation is 2. The van der Waals surface area contributed by atoms with Crippen LogP contribution in [0.25, 0.3) is 5.78 Å². The van der Waals surface area contributed by atoms with Crippen LogP contribution in [-0.4, -0.2) is 33.8 Å². The second-order valence-corrected chi connectivity index (χ2v) is 7.04. The van der Waals surface area contributed by atoms with Crippen molar-refractivity contribution in [3.8, 4) is 11.5 Å². The zero-order valence-electron chi connectivity index (χ0n) is 13.8. The molecule has 0 fully saturated rings. The Labute approximate surface area is 152 Å². The lowest BCUT2D eigenvalue weighted by Gasteiger charge is -2.12. The molecule has 3 aromatic rings. The smallest absolute Gasteiger partial charge is 0.256 e. The first-order chi connectivity index (χ1) is 11.5. The molecule has 126 valence electrons. The van der Waals surface area contributed by atoms with Crippen LogP contribution in [0.15, 0.2) is 27.8 Å². The maximum atomic E-state index is 5.47. The molecule has 6 nitrogen and oxygen atoms in total. The first-order valence-corrected chi connectivity index (χ1v) is 9.04. The summed E-state index contributed by atoms with van der Waals surface area (Å²) in [5.41, 5.74) is 3.02. The summed E-state index contributed by atoms with van der Waals surface area (Å²) >= 11 is 5.06. The second-order valence-electron chi connectivity index (χ2n) is 5.24. The normalized spacial score (nSPS) is 11.0. The van der Waals surface area contributed by atoms with E-state index in [0.717, 1.165) is 38.1 Å². The van der Waals surface area contributed by atoms with Crippen LogP contribution in [0.4, 0.5) is 0 Å². The first kappa shape index (κ1) is 17.0. The lowest BCUT2D eigenvalue weighted by Crippen LogP contribution is -1.98. The number of methoxy groups -OCH3 is 2. The average molecular weight is 409 g/mol. The van der Waals surface area contributed by atoms with Crippen molar-refractivity contribution in [2.45, 2.75) is 24.8 Å². The van der Waals surface area contributed by atoms with E-state index in [1.807, 2.05) is 36.4 Å². The molecule has 0 bridgehead atoms. The molecule has 0 aliphatic rings. The summed E-state index contributed by atoms with van der Waals surface area (Å²) in [7, 11) is 3.30. The molecule has 0 aliphatic carbocycles. The van der Waals surface area contributed by atoms with Crippen LogP contribution in [0.2, 0.25) is 0 Å². The highest BCUT2D eigenvalue weighted by Crippen LogP contribution is 2.35. The summed E-state index contributed by atoms with van der Waals surface area (Å²) in [4.78, 5) is 4.41. The molecule has 0 aliphatic heterocycles. The SMILES string of the molecule is COc1cc(CSc2nnc3nc(C)cc(C)n23)c(OC)cc1Br. The Hall–Kier alpha value is -1.80. The van der Waals surface area contributed by atoms with Crippen LogP contribution in [0.5, 0.6) is 11.5 Å². The molecule has 0 saturated carbocycles. The van der Waals surface area contributed by atoms with E-state index in [4.69, 9.17) is 9.47 Å². The van der Waals surface area contributed by atoms with Crippen molar-refractivity contribution in [1.82, 2.24) is 19.6 Å².